The Morgan fingerprint density at radius 2 is 1.92 bits per heavy atom. The first-order chi connectivity index (χ1) is 11.2. The van der Waals surface area contributed by atoms with E-state index in [4.69, 9.17) is 16.3 Å². The number of carbonyl (C=O) groups is 1. The van der Waals surface area contributed by atoms with Gasteiger partial charge in [-0.1, -0.05) is 26.0 Å². The zero-order chi connectivity index (χ0) is 17.9. The molecule has 0 spiro atoms. The molecule has 24 heavy (non-hydrogen) atoms. The average molecular weight is 332 g/mol. The monoisotopic (exact) mass is 332 g/mol. The number of hydroxylamine groups is 2. The van der Waals surface area contributed by atoms with Crippen molar-refractivity contribution in [2.45, 2.75) is 40.0 Å². The number of aliphatic imine (C=N–C) groups is 2. The number of anilines is 1. The molecule has 0 saturated heterocycles. The van der Waals surface area contributed by atoms with Crippen LogP contribution in [-0.4, -0.2) is 28.6 Å². The fourth-order valence-corrected chi connectivity index (χ4v) is 2.13. The van der Waals surface area contributed by atoms with Crippen molar-refractivity contribution in [3.63, 3.8) is 0 Å². The highest BCUT2D eigenvalue weighted by Gasteiger charge is 2.33. The topological polar surface area (TPSA) is 118 Å². The van der Waals surface area contributed by atoms with Crippen LogP contribution in [0.15, 0.2) is 34.3 Å². The highest BCUT2D eigenvalue weighted by molar-refractivity contribution is 5.95. The van der Waals surface area contributed by atoms with E-state index in [9.17, 15) is 4.79 Å². The van der Waals surface area contributed by atoms with E-state index in [1.165, 1.54) is 5.06 Å². The molecule has 0 unspecified atom stereocenters. The Morgan fingerprint density at radius 1 is 1.29 bits per heavy atom. The van der Waals surface area contributed by atoms with Crippen LogP contribution in [0, 0.1) is 5.92 Å². The van der Waals surface area contributed by atoms with Gasteiger partial charge in [0.05, 0.1) is 0 Å². The molecule has 130 valence electrons. The first-order valence-corrected chi connectivity index (χ1v) is 7.71. The van der Waals surface area contributed by atoms with Crippen LogP contribution in [0.4, 0.5) is 5.69 Å². The fraction of sp³-hybridized carbons (Fsp3) is 0.438. The third-order valence-corrected chi connectivity index (χ3v) is 3.43. The van der Waals surface area contributed by atoms with Crippen LogP contribution in [0.3, 0.4) is 0 Å². The van der Waals surface area contributed by atoms with Crippen LogP contribution in [0.5, 0.6) is 0 Å². The Labute approximate surface area is 141 Å². The second kappa shape index (κ2) is 6.88. The van der Waals surface area contributed by atoms with Crippen LogP contribution in [0.1, 0.15) is 33.3 Å². The van der Waals surface area contributed by atoms with E-state index in [2.05, 4.69) is 15.3 Å². The van der Waals surface area contributed by atoms with Gasteiger partial charge in [-0.2, -0.15) is 10.1 Å². The van der Waals surface area contributed by atoms with Gasteiger partial charge in [-0.3, -0.25) is 9.63 Å². The Hall–Kier alpha value is -2.61. The molecule has 1 aromatic carbocycles. The number of nitrogens with two attached hydrogens (primary N) is 2. The number of nitrogens with zero attached hydrogens (tertiary/aromatic N) is 3. The lowest BCUT2D eigenvalue weighted by molar-refractivity contribution is -0.166. The summed E-state index contributed by atoms with van der Waals surface area (Å²) in [6.07, 6.45) is 0. The van der Waals surface area contributed by atoms with E-state index in [-0.39, 0.29) is 30.4 Å². The summed E-state index contributed by atoms with van der Waals surface area (Å²) >= 11 is 0. The molecule has 0 atom stereocenters. The minimum atomic E-state index is -0.735. The molecule has 5 N–H and O–H groups in total. The lowest BCUT2D eigenvalue weighted by Gasteiger charge is -2.36. The number of carbonyl (C=O) groups excluding carboxylic acids is 1. The van der Waals surface area contributed by atoms with Gasteiger partial charge in [0.25, 0.3) is 0 Å². The molecule has 0 bridgehead atoms. The molecule has 8 heteroatoms. The lowest BCUT2D eigenvalue weighted by atomic mass is 10.2. The molecule has 0 fully saturated rings. The Kier molecular flexibility index (Phi) is 5.08. The summed E-state index contributed by atoms with van der Waals surface area (Å²) in [5, 5.41) is 4.27. The van der Waals surface area contributed by atoms with Crippen molar-refractivity contribution in [3.05, 3.63) is 29.8 Å². The smallest absolute Gasteiger partial charge is 0.226 e. The van der Waals surface area contributed by atoms with Crippen molar-refractivity contribution in [2.75, 3.05) is 5.32 Å². The maximum atomic E-state index is 11.7. The van der Waals surface area contributed by atoms with Gasteiger partial charge in [0.1, 0.15) is 6.61 Å². The predicted molar refractivity (Wildman–Crippen MR) is 93.9 cm³/mol. The summed E-state index contributed by atoms with van der Waals surface area (Å²) in [4.78, 5) is 25.5. The Balaban J connectivity index is 1.98. The summed E-state index contributed by atoms with van der Waals surface area (Å²) in [6, 6.07) is 7.40. The predicted octanol–water partition coefficient (Wildman–Crippen LogP) is 1.39. The zero-order valence-corrected chi connectivity index (χ0v) is 14.4. The Morgan fingerprint density at radius 3 is 2.46 bits per heavy atom. The number of benzene rings is 1. The molecule has 1 aliphatic heterocycles. The van der Waals surface area contributed by atoms with E-state index >= 15 is 0 Å². The van der Waals surface area contributed by atoms with E-state index in [0.717, 1.165) is 11.3 Å². The number of nitrogens with one attached hydrogen (secondary N) is 1. The molecule has 1 amide bonds. The molecular formula is C16H24N6O2. The minimum Gasteiger partial charge on any atom is -0.368 e. The Bertz CT molecular complexity index is 664. The standard InChI is InChI=1S/C16H24N6O2/c1-10(2)13(23)19-12-7-5-11(6-8-12)9-24-22-15(18)20-14(17)21-16(22,3)4/h5-8,10H,9H2,1-4H3,(H,19,23)(H4,17,18,20,21). The first-order valence-electron chi connectivity index (χ1n) is 7.71. The van der Waals surface area contributed by atoms with Crippen LogP contribution >= 0.6 is 0 Å². The molecule has 0 saturated carbocycles. The second-order valence-corrected chi connectivity index (χ2v) is 6.34. The number of hydrogen-bond donors (Lipinski definition) is 3. The summed E-state index contributed by atoms with van der Waals surface area (Å²) in [5.41, 5.74) is 12.4. The molecule has 1 aliphatic rings. The van der Waals surface area contributed by atoms with Gasteiger partial charge >= 0.3 is 0 Å². The molecule has 1 heterocycles. The number of guanidine groups is 2. The molecular weight excluding hydrogens is 308 g/mol. The van der Waals surface area contributed by atoms with Gasteiger partial charge in [0, 0.05) is 11.6 Å². The average Bonchev–Trinajstić information content (AvgIpc) is 2.46. The van der Waals surface area contributed by atoms with E-state index in [0.29, 0.717) is 0 Å². The van der Waals surface area contributed by atoms with Crippen molar-refractivity contribution in [1.29, 1.82) is 0 Å². The van der Waals surface area contributed by atoms with Gasteiger partial charge in [-0.05, 0) is 31.5 Å². The van der Waals surface area contributed by atoms with Gasteiger partial charge in [-0.25, -0.2) is 4.99 Å². The molecule has 8 nitrogen and oxygen atoms in total. The van der Waals surface area contributed by atoms with Crippen molar-refractivity contribution < 1.29 is 9.63 Å². The van der Waals surface area contributed by atoms with Gasteiger partial charge < -0.3 is 16.8 Å². The van der Waals surface area contributed by atoms with E-state index in [1.807, 2.05) is 52.0 Å². The van der Waals surface area contributed by atoms with Gasteiger partial charge in [0.2, 0.25) is 17.8 Å². The summed E-state index contributed by atoms with van der Waals surface area (Å²) in [5.74, 6) is 0.203. The second-order valence-electron chi connectivity index (χ2n) is 6.34. The molecule has 0 aliphatic carbocycles. The first kappa shape index (κ1) is 17.7. The molecule has 0 aromatic heterocycles. The van der Waals surface area contributed by atoms with Crippen LogP contribution in [-0.2, 0) is 16.2 Å². The zero-order valence-electron chi connectivity index (χ0n) is 14.4. The fourth-order valence-electron chi connectivity index (χ4n) is 2.13. The molecule has 1 aromatic rings. The summed E-state index contributed by atoms with van der Waals surface area (Å²) in [7, 11) is 0. The largest absolute Gasteiger partial charge is 0.368 e. The van der Waals surface area contributed by atoms with Gasteiger partial charge in [0.15, 0.2) is 5.66 Å². The lowest BCUT2D eigenvalue weighted by Crippen LogP contribution is -2.53. The van der Waals surface area contributed by atoms with Crippen molar-refractivity contribution in [2.24, 2.45) is 27.4 Å². The summed E-state index contributed by atoms with van der Waals surface area (Å²) < 4.78 is 0. The maximum Gasteiger partial charge on any atom is 0.226 e. The highest BCUT2D eigenvalue weighted by Crippen LogP contribution is 2.21. The van der Waals surface area contributed by atoms with Crippen LogP contribution < -0.4 is 16.8 Å². The number of amides is 1. The minimum absolute atomic E-state index is 0.0199. The number of rotatable bonds is 5. The molecule has 0 radical (unpaired) electrons. The third-order valence-electron chi connectivity index (χ3n) is 3.43. The van der Waals surface area contributed by atoms with Crippen LogP contribution in [0.2, 0.25) is 0 Å². The van der Waals surface area contributed by atoms with Crippen molar-refractivity contribution in [3.8, 4) is 0 Å². The maximum absolute atomic E-state index is 11.7. The number of hydrogen-bond acceptors (Lipinski definition) is 7. The van der Waals surface area contributed by atoms with Crippen molar-refractivity contribution >= 4 is 23.5 Å². The van der Waals surface area contributed by atoms with E-state index < -0.39 is 5.66 Å². The van der Waals surface area contributed by atoms with Crippen LogP contribution in [0.25, 0.3) is 0 Å². The van der Waals surface area contributed by atoms with Crippen molar-refractivity contribution in [1.82, 2.24) is 5.06 Å². The third kappa shape index (κ3) is 4.23. The highest BCUT2D eigenvalue weighted by atomic mass is 16.7. The van der Waals surface area contributed by atoms with Gasteiger partial charge in [-0.15, -0.1) is 0 Å². The normalized spacial score (nSPS) is 16.6. The molecule has 2 rings (SSSR count). The summed E-state index contributed by atoms with van der Waals surface area (Å²) in [6.45, 7) is 7.63. The SMILES string of the molecule is CC(C)C(=O)Nc1ccc(CON2C(N)=NC(N)=NC2(C)C)cc1. The quantitative estimate of drug-likeness (QED) is 0.753. The van der Waals surface area contributed by atoms with E-state index in [1.54, 1.807) is 0 Å².